The van der Waals surface area contributed by atoms with Gasteiger partial charge in [-0.3, -0.25) is 4.79 Å². The van der Waals surface area contributed by atoms with Crippen molar-refractivity contribution in [3.8, 4) is 0 Å². The van der Waals surface area contributed by atoms with E-state index in [9.17, 15) is 4.79 Å². The summed E-state index contributed by atoms with van der Waals surface area (Å²) in [6.07, 6.45) is 1.89. The van der Waals surface area contributed by atoms with Crippen LogP contribution in [0.3, 0.4) is 0 Å². The normalized spacial score (nSPS) is 13.2. The number of nitrogens with one attached hydrogen (secondary N) is 1. The maximum Gasteiger partial charge on any atom is 0.321 e. The smallest absolute Gasteiger partial charge is 0.321 e. The second-order valence-corrected chi connectivity index (χ2v) is 3.73. The van der Waals surface area contributed by atoms with E-state index in [-0.39, 0.29) is 0 Å². The number of aliphatic carboxylic acids is 1. The van der Waals surface area contributed by atoms with Crippen LogP contribution < -0.4 is 4.84 Å². The van der Waals surface area contributed by atoms with Crippen molar-refractivity contribution in [1.29, 1.82) is 0 Å². The van der Waals surface area contributed by atoms with Crippen LogP contribution in [0.4, 0.5) is 0 Å². The molecule has 2 N–H and O–H groups in total. The molecule has 0 fully saturated rings. The molecule has 0 saturated heterocycles. The van der Waals surface area contributed by atoms with Crippen molar-refractivity contribution < 1.29 is 9.90 Å². The molecule has 0 aromatic carbocycles. The molecule has 0 unspecified atom stereocenters. The number of hydrogen-bond donors (Lipinski definition) is 2. The van der Waals surface area contributed by atoms with E-state index in [2.05, 4.69) is 4.84 Å². The highest BCUT2D eigenvalue weighted by Crippen LogP contribution is 2.06. The average molecular weight is 250 g/mol. The highest BCUT2D eigenvalue weighted by molar-refractivity contribution is 6.33. The first-order valence-electron chi connectivity index (χ1n) is 3.76. The molecule has 0 saturated carbocycles. The number of carboxylic acids is 1. The van der Waals surface area contributed by atoms with Gasteiger partial charge in [0.05, 0.1) is 0 Å². The molecule has 4 nitrogen and oxygen atoms in total. The van der Waals surface area contributed by atoms with E-state index >= 15 is 0 Å². The summed E-state index contributed by atoms with van der Waals surface area (Å²) in [5, 5.41) is 8.57. The summed E-state index contributed by atoms with van der Waals surface area (Å²) >= 11 is 15.9. The van der Waals surface area contributed by atoms with Gasteiger partial charge in [0.2, 0.25) is 0 Å². The van der Waals surface area contributed by atoms with Crippen molar-refractivity contribution in [3.63, 3.8) is 0 Å². The molecule has 0 spiro atoms. The van der Waals surface area contributed by atoms with E-state index in [1.165, 1.54) is 0 Å². The zero-order chi connectivity index (χ0) is 10.3. The van der Waals surface area contributed by atoms with Gasteiger partial charge in [0, 0.05) is 6.54 Å². The van der Waals surface area contributed by atoms with Gasteiger partial charge in [-0.15, -0.1) is 3.94 Å². The molecule has 0 aliphatic carbocycles. The maximum atomic E-state index is 10.4. The van der Waals surface area contributed by atoms with Gasteiger partial charge in [-0.25, -0.2) is 4.84 Å². The van der Waals surface area contributed by atoms with Crippen molar-refractivity contribution in [2.75, 3.05) is 6.54 Å². The summed E-state index contributed by atoms with van der Waals surface area (Å²) in [6, 6.07) is -0.708. The van der Waals surface area contributed by atoms with Crippen LogP contribution in [0.5, 0.6) is 0 Å². The average Bonchev–Trinajstić information content (AvgIpc) is 2.03. The second kappa shape index (κ2) is 7.64. The number of rotatable bonds is 7. The lowest BCUT2D eigenvalue weighted by Crippen LogP contribution is -2.30. The molecule has 0 amide bonds. The SMILES string of the molecule is O=C(O)[C@H](CCCCN(Cl)Cl)NCl. The summed E-state index contributed by atoms with van der Waals surface area (Å²) in [7, 11) is 0. The number of unbranched alkanes of at least 4 members (excludes halogenated alkanes) is 1. The van der Waals surface area contributed by atoms with Gasteiger partial charge >= 0.3 is 5.97 Å². The van der Waals surface area contributed by atoms with Crippen molar-refractivity contribution in [2.24, 2.45) is 0 Å². The van der Waals surface area contributed by atoms with Crippen LogP contribution in [-0.2, 0) is 4.79 Å². The Morgan fingerprint density at radius 2 is 2.08 bits per heavy atom. The third-order valence-electron chi connectivity index (χ3n) is 1.50. The molecule has 0 bridgehead atoms. The third-order valence-corrected chi connectivity index (χ3v) is 2.10. The van der Waals surface area contributed by atoms with Gasteiger partial charge in [-0.1, -0.05) is 0 Å². The predicted molar refractivity (Wildman–Crippen MR) is 52.7 cm³/mol. The van der Waals surface area contributed by atoms with Crippen LogP contribution in [0.2, 0.25) is 0 Å². The lowest BCUT2D eigenvalue weighted by atomic mass is 10.1. The van der Waals surface area contributed by atoms with Crippen LogP contribution in [0.15, 0.2) is 0 Å². The molecule has 0 aliphatic heterocycles. The summed E-state index contributed by atoms with van der Waals surface area (Å²) in [6.45, 7) is 0.512. The molecule has 0 rings (SSSR count). The van der Waals surface area contributed by atoms with Gasteiger partial charge in [0.15, 0.2) is 0 Å². The largest absolute Gasteiger partial charge is 0.480 e. The number of nitrogens with zero attached hydrogens (tertiary/aromatic N) is 1. The molecular formula is C6H11Cl3N2O2. The van der Waals surface area contributed by atoms with Crippen LogP contribution in [0.25, 0.3) is 0 Å². The molecule has 78 valence electrons. The monoisotopic (exact) mass is 248 g/mol. The first-order chi connectivity index (χ1) is 6.07. The fourth-order valence-corrected chi connectivity index (χ4v) is 1.25. The number of hydrogen-bond acceptors (Lipinski definition) is 3. The quantitative estimate of drug-likeness (QED) is 0.535. The van der Waals surface area contributed by atoms with Crippen molar-refractivity contribution in [1.82, 2.24) is 8.77 Å². The Balaban J connectivity index is 3.44. The van der Waals surface area contributed by atoms with Crippen LogP contribution in [0, 0.1) is 0 Å². The molecular weight excluding hydrogens is 238 g/mol. The Morgan fingerprint density at radius 1 is 1.46 bits per heavy atom. The van der Waals surface area contributed by atoms with Gasteiger partial charge in [-0.2, -0.15) is 0 Å². The van der Waals surface area contributed by atoms with E-state index in [0.717, 1.165) is 10.4 Å². The molecule has 1 atom stereocenters. The second-order valence-electron chi connectivity index (χ2n) is 2.52. The van der Waals surface area contributed by atoms with Gasteiger partial charge in [-0.05, 0) is 54.6 Å². The highest BCUT2D eigenvalue weighted by Gasteiger charge is 2.14. The van der Waals surface area contributed by atoms with Crippen LogP contribution in [0.1, 0.15) is 19.3 Å². The summed E-state index contributed by atoms with van der Waals surface area (Å²) in [5.41, 5.74) is 0. The molecule has 7 heteroatoms. The Morgan fingerprint density at radius 3 is 2.46 bits per heavy atom. The molecule has 0 aliphatic rings. The number of carboxylic acid groups (broad SMARTS) is 1. The van der Waals surface area contributed by atoms with Crippen LogP contribution in [-0.4, -0.2) is 27.6 Å². The minimum atomic E-state index is -0.955. The zero-order valence-corrected chi connectivity index (χ0v) is 9.11. The molecule has 0 aromatic rings. The van der Waals surface area contributed by atoms with Crippen LogP contribution >= 0.6 is 35.3 Å². The van der Waals surface area contributed by atoms with E-state index in [4.69, 9.17) is 40.4 Å². The van der Waals surface area contributed by atoms with Gasteiger partial charge in [0.1, 0.15) is 6.04 Å². The first-order valence-corrected chi connectivity index (χ1v) is 4.81. The highest BCUT2D eigenvalue weighted by atomic mass is 35.5. The Bertz CT molecular complexity index is 157. The first kappa shape index (κ1) is 13.3. The van der Waals surface area contributed by atoms with E-state index in [1.807, 2.05) is 0 Å². The standard InChI is InChI=1S/C6H11Cl3N2O2/c7-10-5(6(12)13)3-1-2-4-11(8)9/h5,10H,1-4H2,(H,12,13)/t5-/m0/s1. The third kappa shape index (κ3) is 7.34. The number of halogens is 3. The molecule has 13 heavy (non-hydrogen) atoms. The zero-order valence-electron chi connectivity index (χ0n) is 6.84. The fourth-order valence-electron chi connectivity index (χ4n) is 0.804. The summed E-state index contributed by atoms with van der Waals surface area (Å²) in [5.74, 6) is -0.955. The van der Waals surface area contributed by atoms with E-state index in [1.54, 1.807) is 0 Å². The number of carbonyl (C=O) groups is 1. The van der Waals surface area contributed by atoms with Gasteiger partial charge in [0.25, 0.3) is 0 Å². The lowest BCUT2D eigenvalue weighted by molar-refractivity contribution is -0.139. The van der Waals surface area contributed by atoms with Crippen molar-refractivity contribution in [3.05, 3.63) is 0 Å². The van der Waals surface area contributed by atoms with Crippen molar-refractivity contribution in [2.45, 2.75) is 25.3 Å². The predicted octanol–water partition coefficient (Wildman–Crippen LogP) is 1.96. The van der Waals surface area contributed by atoms with E-state index < -0.39 is 12.0 Å². The minimum Gasteiger partial charge on any atom is -0.480 e. The fraction of sp³-hybridized carbons (Fsp3) is 0.833. The lowest BCUT2D eigenvalue weighted by Gasteiger charge is -2.09. The Kier molecular flexibility index (Phi) is 7.80. The van der Waals surface area contributed by atoms with Gasteiger partial charge < -0.3 is 5.11 Å². The molecule has 0 radical (unpaired) electrons. The Labute approximate surface area is 92.1 Å². The molecule has 0 heterocycles. The Hall–Kier alpha value is 0.260. The summed E-state index contributed by atoms with van der Waals surface area (Å²) < 4.78 is 1.02. The minimum absolute atomic E-state index is 0.459. The van der Waals surface area contributed by atoms with Crippen molar-refractivity contribution >= 4 is 41.3 Å². The maximum absolute atomic E-state index is 10.4. The van der Waals surface area contributed by atoms with E-state index in [0.29, 0.717) is 19.4 Å². The summed E-state index contributed by atoms with van der Waals surface area (Å²) in [4.78, 5) is 12.6. The molecule has 0 aromatic heterocycles. The topological polar surface area (TPSA) is 52.6 Å².